The highest BCUT2D eigenvalue weighted by molar-refractivity contribution is 9.10. The van der Waals surface area contributed by atoms with Crippen LogP contribution in [-0.4, -0.2) is 4.98 Å². The molecule has 0 spiro atoms. The zero-order chi connectivity index (χ0) is 12.4. The Morgan fingerprint density at radius 2 is 2.29 bits per heavy atom. The summed E-state index contributed by atoms with van der Waals surface area (Å²) >= 11 is 4.81. The minimum absolute atomic E-state index is 0.196. The molecule has 0 aliphatic carbocycles. The fraction of sp³-hybridized carbons (Fsp3) is 0.250. The highest BCUT2D eigenvalue weighted by Gasteiger charge is 2.13. The smallest absolute Gasteiger partial charge is 0.137 e. The number of hydrogen-bond donors (Lipinski definition) is 1. The highest BCUT2D eigenvalue weighted by Crippen LogP contribution is 2.25. The van der Waals surface area contributed by atoms with Gasteiger partial charge in [0.2, 0.25) is 0 Å². The quantitative estimate of drug-likeness (QED) is 0.940. The maximum Gasteiger partial charge on any atom is 0.137 e. The number of benzene rings is 1. The van der Waals surface area contributed by atoms with Crippen LogP contribution in [0.1, 0.15) is 22.3 Å². The Morgan fingerprint density at radius 3 is 2.94 bits per heavy atom. The third-order valence-corrected chi connectivity index (χ3v) is 4.17. The molecule has 2 aromatic rings. The van der Waals surface area contributed by atoms with Gasteiger partial charge in [-0.2, -0.15) is 0 Å². The van der Waals surface area contributed by atoms with Crippen LogP contribution in [0, 0.1) is 12.7 Å². The molecule has 2 N–H and O–H groups in total. The molecule has 0 aliphatic heterocycles. The van der Waals surface area contributed by atoms with Gasteiger partial charge in [-0.05, 0) is 40.9 Å². The van der Waals surface area contributed by atoms with Crippen molar-refractivity contribution in [2.75, 3.05) is 0 Å². The molecule has 0 saturated heterocycles. The Labute approximate surface area is 112 Å². The first-order chi connectivity index (χ1) is 8.08. The van der Waals surface area contributed by atoms with E-state index in [2.05, 4.69) is 20.9 Å². The number of hydrogen-bond acceptors (Lipinski definition) is 3. The second-order valence-electron chi connectivity index (χ2n) is 3.81. The molecule has 1 aromatic carbocycles. The molecule has 5 heteroatoms. The Hall–Kier alpha value is -0.780. The molecule has 2 rings (SSSR count). The largest absolute Gasteiger partial charge is 0.322 e. The predicted molar refractivity (Wildman–Crippen MR) is 71.6 cm³/mol. The van der Waals surface area contributed by atoms with Crippen molar-refractivity contribution < 1.29 is 4.39 Å². The van der Waals surface area contributed by atoms with Gasteiger partial charge in [0.1, 0.15) is 5.82 Å². The summed E-state index contributed by atoms with van der Waals surface area (Å²) < 4.78 is 13.8. The van der Waals surface area contributed by atoms with Crippen LogP contribution in [0.3, 0.4) is 0 Å². The molecule has 0 fully saturated rings. The van der Waals surface area contributed by atoms with Crippen LogP contribution in [-0.2, 0) is 6.42 Å². The van der Waals surface area contributed by atoms with Gasteiger partial charge in [0.25, 0.3) is 0 Å². The normalized spacial score (nSPS) is 12.7. The van der Waals surface area contributed by atoms with Crippen molar-refractivity contribution in [3.05, 3.63) is 50.1 Å². The lowest BCUT2D eigenvalue weighted by atomic mass is 10.0. The van der Waals surface area contributed by atoms with E-state index in [1.54, 1.807) is 17.4 Å². The summed E-state index contributed by atoms with van der Waals surface area (Å²) in [5.41, 5.74) is 7.79. The lowest BCUT2D eigenvalue weighted by Crippen LogP contribution is -2.14. The van der Waals surface area contributed by atoms with E-state index in [-0.39, 0.29) is 11.9 Å². The molecule has 17 heavy (non-hydrogen) atoms. The number of halogens is 2. The van der Waals surface area contributed by atoms with Gasteiger partial charge in [0.15, 0.2) is 0 Å². The van der Waals surface area contributed by atoms with Gasteiger partial charge in [-0.1, -0.05) is 12.1 Å². The van der Waals surface area contributed by atoms with Gasteiger partial charge in [-0.15, -0.1) is 11.3 Å². The molecule has 1 atom stereocenters. The second-order valence-corrected chi connectivity index (χ2v) is 5.67. The van der Waals surface area contributed by atoms with Crippen LogP contribution < -0.4 is 5.73 Å². The zero-order valence-corrected chi connectivity index (χ0v) is 11.7. The average Bonchev–Trinajstić information content (AvgIpc) is 2.72. The Kier molecular flexibility index (Phi) is 3.91. The van der Waals surface area contributed by atoms with E-state index in [4.69, 9.17) is 5.73 Å². The number of aromatic nitrogens is 1. The van der Waals surface area contributed by atoms with E-state index < -0.39 is 0 Å². The van der Waals surface area contributed by atoms with Gasteiger partial charge in [0.05, 0.1) is 21.2 Å². The van der Waals surface area contributed by atoms with E-state index in [9.17, 15) is 4.39 Å². The molecule has 0 saturated carbocycles. The summed E-state index contributed by atoms with van der Waals surface area (Å²) in [6, 6.07) is 4.78. The Morgan fingerprint density at radius 1 is 1.53 bits per heavy atom. The average molecular weight is 315 g/mol. The SMILES string of the molecule is Cc1nc(C(N)Cc2cccc(F)c2Br)cs1. The number of rotatable bonds is 3. The minimum atomic E-state index is -0.260. The number of nitrogens with two attached hydrogens (primary N) is 1. The van der Waals surface area contributed by atoms with Crippen LogP contribution in [0.15, 0.2) is 28.1 Å². The lowest BCUT2D eigenvalue weighted by molar-refractivity contribution is 0.613. The van der Waals surface area contributed by atoms with Crippen LogP contribution in [0.5, 0.6) is 0 Å². The molecule has 0 amide bonds. The lowest BCUT2D eigenvalue weighted by Gasteiger charge is -2.10. The van der Waals surface area contributed by atoms with Crippen molar-refractivity contribution in [3.8, 4) is 0 Å². The van der Waals surface area contributed by atoms with Gasteiger partial charge in [-0.25, -0.2) is 9.37 Å². The first-order valence-corrected chi connectivity index (χ1v) is 6.85. The maximum absolute atomic E-state index is 13.3. The van der Waals surface area contributed by atoms with Crippen molar-refractivity contribution in [1.29, 1.82) is 0 Å². The molecule has 0 aliphatic rings. The Balaban J connectivity index is 2.18. The van der Waals surface area contributed by atoms with Gasteiger partial charge in [-0.3, -0.25) is 0 Å². The first-order valence-electron chi connectivity index (χ1n) is 5.18. The van der Waals surface area contributed by atoms with E-state index in [1.165, 1.54) is 6.07 Å². The summed E-state index contributed by atoms with van der Waals surface area (Å²) in [5.74, 6) is -0.260. The van der Waals surface area contributed by atoms with E-state index >= 15 is 0 Å². The van der Waals surface area contributed by atoms with Crippen molar-refractivity contribution in [1.82, 2.24) is 4.98 Å². The van der Waals surface area contributed by atoms with Crippen molar-refractivity contribution in [2.45, 2.75) is 19.4 Å². The van der Waals surface area contributed by atoms with E-state index in [0.717, 1.165) is 16.3 Å². The predicted octanol–water partition coefficient (Wildman–Crippen LogP) is 3.60. The molecule has 1 unspecified atom stereocenters. The van der Waals surface area contributed by atoms with E-state index in [0.29, 0.717) is 10.9 Å². The maximum atomic E-state index is 13.3. The first kappa shape index (κ1) is 12.7. The Bertz CT molecular complexity index is 527. The molecule has 0 bridgehead atoms. The topological polar surface area (TPSA) is 38.9 Å². The van der Waals surface area contributed by atoms with Crippen molar-refractivity contribution in [3.63, 3.8) is 0 Å². The monoisotopic (exact) mass is 314 g/mol. The van der Waals surface area contributed by atoms with Crippen LogP contribution in [0.4, 0.5) is 4.39 Å². The standard InChI is InChI=1S/C12H12BrFN2S/c1-7-16-11(6-17-7)10(15)5-8-3-2-4-9(14)12(8)13/h2-4,6,10H,5,15H2,1H3. The minimum Gasteiger partial charge on any atom is -0.322 e. The summed E-state index contributed by atoms with van der Waals surface area (Å²) in [4.78, 5) is 4.34. The van der Waals surface area contributed by atoms with Gasteiger partial charge >= 0.3 is 0 Å². The van der Waals surface area contributed by atoms with E-state index in [1.807, 2.05) is 18.4 Å². The third-order valence-electron chi connectivity index (χ3n) is 2.49. The highest BCUT2D eigenvalue weighted by atomic mass is 79.9. The van der Waals surface area contributed by atoms with Crippen molar-refractivity contribution in [2.24, 2.45) is 5.73 Å². The van der Waals surface area contributed by atoms with Gasteiger partial charge < -0.3 is 5.73 Å². The van der Waals surface area contributed by atoms with Crippen LogP contribution in [0.25, 0.3) is 0 Å². The molecule has 1 heterocycles. The molecule has 0 radical (unpaired) electrons. The third kappa shape index (κ3) is 2.91. The molecule has 2 nitrogen and oxygen atoms in total. The fourth-order valence-corrected chi connectivity index (χ4v) is 2.70. The molecule has 1 aromatic heterocycles. The summed E-state index contributed by atoms with van der Waals surface area (Å²) in [7, 11) is 0. The van der Waals surface area contributed by atoms with Crippen LogP contribution in [0.2, 0.25) is 0 Å². The molecular formula is C12H12BrFN2S. The summed E-state index contributed by atoms with van der Waals surface area (Å²) in [5, 5.41) is 2.95. The van der Waals surface area contributed by atoms with Crippen LogP contribution >= 0.6 is 27.3 Å². The number of aryl methyl sites for hydroxylation is 1. The second kappa shape index (κ2) is 5.25. The van der Waals surface area contributed by atoms with Gasteiger partial charge in [0, 0.05) is 5.38 Å². The number of nitrogens with zero attached hydrogens (tertiary/aromatic N) is 1. The summed E-state index contributed by atoms with van der Waals surface area (Å²) in [6.45, 7) is 1.94. The molecule has 90 valence electrons. The summed E-state index contributed by atoms with van der Waals surface area (Å²) in [6.07, 6.45) is 0.571. The molecular weight excluding hydrogens is 303 g/mol. The fourth-order valence-electron chi connectivity index (χ4n) is 1.60. The number of thiazole rings is 1. The zero-order valence-electron chi connectivity index (χ0n) is 9.28. The van der Waals surface area contributed by atoms with Crippen molar-refractivity contribution >= 4 is 27.3 Å².